The van der Waals surface area contributed by atoms with Crippen molar-refractivity contribution in [1.82, 2.24) is 5.32 Å². The average Bonchev–Trinajstić information content (AvgIpc) is 2.60. The van der Waals surface area contributed by atoms with Crippen LogP contribution in [-0.2, 0) is 16.1 Å². The average molecular weight is 333 g/mol. The second-order valence-electron chi connectivity index (χ2n) is 5.45. The van der Waals surface area contributed by atoms with Crippen molar-refractivity contribution in [3.05, 3.63) is 71.3 Å². The number of benzene rings is 2. The van der Waals surface area contributed by atoms with Crippen LogP contribution in [0, 0.1) is 18.3 Å². The molecule has 2 amide bonds. The second kappa shape index (κ2) is 9.04. The van der Waals surface area contributed by atoms with Crippen molar-refractivity contribution >= 4 is 23.6 Å². The Bertz CT molecular complexity index is 835. The van der Waals surface area contributed by atoms with Crippen molar-refractivity contribution in [1.29, 1.82) is 5.26 Å². The number of para-hydroxylation sites is 1. The SMILES string of the molecule is Cc1ccccc1/C=C/C(=O)Nc1ccccc1CNC(=O)CC#N. The first-order valence-electron chi connectivity index (χ1n) is 7.86. The Kier molecular flexibility index (Phi) is 6.49. The van der Waals surface area contributed by atoms with Gasteiger partial charge in [0.05, 0.1) is 6.07 Å². The minimum Gasteiger partial charge on any atom is -0.351 e. The molecule has 0 spiro atoms. The smallest absolute Gasteiger partial charge is 0.248 e. The molecule has 0 radical (unpaired) electrons. The third-order valence-corrected chi connectivity index (χ3v) is 3.59. The number of nitrogens with one attached hydrogen (secondary N) is 2. The van der Waals surface area contributed by atoms with Gasteiger partial charge in [0.15, 0.2) is 0 Å². The highest BCUT2D eigenvalue weighted by Gasteiger charge is 2.06. The maximum Gasteiger partial charge on any atom is 0.248 e. The van der Waals surface area contributed by atoms with Crippen LogP contribution in [0.5, 0.6) is 0 Å². The summed E-state index contributed by atoms with van der Waals surface area (Å²) in [5.41, 5.74) is 3.47. The first-order chi connectivity index (χ1) is 12.1. The highest BCUT2D eigenvalue weighted by atomic mass is 16.2. The molecule has 0 aromatic heterocycles. The molecule has 0 aliphatic carbocycles. The molecular formula is C20H19N3O2. The highest BCUT2D eigenvalue weighted by molar-refractivity contribution is 6.02. The first-order valence-corrected chi connectivity index (χ1v) is 7.86. The third-order valence-electron chi connectivity index (χ3n) is 3.59. The van der Waals surface area contributed by atoms with Crippen LogP contribution in [0.25, 0.3) is 6.08 Å². The quantitative estimate of drug-likeness (QED) is 0.797. The third kappa shape index (κ3) is 5.63. The number of anilines is 1. The van der Waals surface area contributed by atoms with Crippen LogP contribution < -0.4 is 10.6 Å². The van der Waals surface area contributed by atoms with E-state index in [2.05, 4.69) is 10.6 Å². The van der Waals surface area contributed by atoms with Gasteiger partial charge in [0.2, 0.25) is 11.8 Å². The summed E-state index contributed by atoms with van der Waals surface area (Å²) in [6.07, 6.45) is 3.06. The lowest BCUT2D eigenvalue weighted by Gasteiger charge is -2.10. The van der Waals surface area contributed by atoms with Gasteiger partial charge in [0.25, 0.3) is 0 Å². The molecule has 0 aliphatic heterocycles. The molecular weight excluding hydrogens is 314 g/mol. The summed E-state index contributed by atoms with van der Waals surface area (Å²) in [5, 5.41) is 14.0. The van der Waals surface area contributed by atoms with Crippen LogP contribution in [0.3, 0.4) is 0 Å². The van der Waals surface area contributed by atoms with Gasteiger partial charge in [0.1, 0.15) is 6.42 Å². The molecule has 2 aromatic carbocycles. The van der Waals surface area contributed by atoms with E-state index in [4.69, 9.17) is 5.26 Å². The van der Waals surface area contributed by atoms with Crippen LogP contribution in [0.4, 0.5) is 5.69 Å². The van der Waals surface area contributed by atoms with Gasteiger partial charge in [-0.1, -0.05) is 42.5 Å². The predicted octanol–water partition coefficient (Wildman–Crippen LogP) is 3.18. The lowest BCUT2D eigenvalue weighted by molar-refractivity contribution is -0.120. The lowest BCUT2D eigenvalue weighted by atomic mass is 10.1. The zero-order chi connectivity index (χ0) is 18.1. The lowest BCUT2D eigenvalue weighted by Crippen LogP contribution is -2.22. The number of amides is 2. The Morgan fingerprint density at radius 2 is 1.84 bits per heavy atom. The van der Waals surface area contributed by atoms with Gasteiger partial charge in [-0.3, -0.25) is 9.59 Å². The predicted molar refractivity (Wildman–Crippen MR) is 97.4 cm³/mol. The number of carbonyl (C=O) groups is 2. The van der Waals surface area contributed by atoms with E-state index in [1.807, 2.05) is 43.3 Å². The van der Waals surface area contributed by atoms with Crippen LogP contribution in [0.1, 0.15) is 23.1 Å². The van der Waals surface area contributed by atoms with Crippen LogP contribution in [0.15, 0.2) is 54.6 Å². The van der Waals surface area contributed by atoms with Crippen molar-refractivity contribution in [2.24, 2.45) is 0 Å². The molecule has 0 heterocycles. The standard InChI is InChI=1S/C20H19N3O2/c1-15-6-2-3-7-16(15)10-11-20(25)23-18-9-5-4-8-17(18)14-22-19(24)12-13-21/h2-11H,12,14H2,1H3,(H,22,24)(H,23,25)/b11-10+. The Morgan fingerprint density at radius 1 is 1.12 bits per heavy atom. The molecule has 0 atom stereocenters. The summed E-state index contributed by atoms with van der Waals surface area (Å²) in [7, 11) is 0. The number of hydrogen-bond donors (Lipinski definition) is 2. The molecule has 2 aromatic rings. The van der Waals surface area contributed by atoms with Gasteiger partial charge in [-0.05, 0) is 35.8 Å². The topological polar surface area (TPSA) is 82.0 Å². The van der Waals surface area contributed by atoms with Crippen LogP contribution in [0.2, 0.25) is 0 Å². The summed E-state index contributed by atoms with van der Waals surface area (Å²) in [4.78, 5) is 23.6. The van der Waals surface area contributed by atoms with Gasteiger partial charge in [-0.2, -0.15) is 5.26 Å². The van der Waals surface area contributed by atoms with Crippen LogP contribution >= 0.6 is 0 Å². The highest BCUT2D eigenvalue weighted by Crippen LogP contribution is 2.15. The van der Waals surface area contributed by atoms with Crippen molar-refractivity contribution in [3.63, 3.8) is 0 Å². The summed E-state index contributed by atoms with van der Waals surface area (Å²) < 4.78 is 0. The molecule has 0 saturated heterocycles. The van der Waals surface area contributed by atoms with Gasteiger partial charge in [-0.25, -0.2) is 0 Å². The number of hydrogen-bond acceptors (Lipinski definition) is 3. The summed E-state index contributed by atoms with van der Waals surface area (Å²) in [6, 6.07) is 16.8. The zero-order valence-electron chi connectivity index (χ0n) is 14.0. The van der Waals surface area contributed by atoms with Gasteiger partial charge >= 0.3 is 0 Å². The fraction of sp³-hybridized carbons (Fsp3) is 0.150. The van der Waals surface area contributed by atoms with E-state index in [1.165, 1.54) is 6.08 Å². The van der Waals surface area contributed by atoms with Gasteiger partial charge in [0, 0.05) is 18.3 Å². The van der Waals surface area contributed by atoms with Gasteiger partial charge in [-0.15, -0.1) is 0 Å². The molecule has 0 fully saturated rings. The van der Waals surface area contributed by atoms with E-state index >= 15 is 0 Å². The molecule has 5 heteroatoms. The summed E-state index contributed by atoms with van der Waals surface area (Å²) >= 11 is 0. The summed E-state index contributed by atoms with van der Waals surface area (Å²) in [5.74, 6) is -0.595. The maximum absolute atomic E-state index is 12.2. The van der Waals surface area contributed by atoms with Crippen molar-refractivity contribution in [3.8, 4) is 6.07 Å². The van der Waals surface area contributed by atoms with E-state index in [0.29, 0.717) is 5.69 Å². The number of rotatable bonds is 6. The largest absolute Gasteiger partial charge is 0.351 e. The number of carbonyl (C=O) groups excluding carboxylic acids is 2. The van der Waals surface area contributed by atoms with Crippen molar-refractivity contribution in [2.75, 3.05) is 5.32 Å². The molecule has 126 valence electrons. The number of nitriles is 1. The first kappa shape index (κ1) is 18.0. The molecule has 2 rings (SSSR count). The molecule has 0 saturated carbocycles. The fourth-order valence-corrected chi connectivity index (χ4v) is 2.24. The molecule has 5 nitrogen and oxygen atoms in total. The van der Waals surface area contributed by atoms with E-state index in [0.717, 1.165) is 16.7 Å². The van der Waals surface area contributed by atoms with E-state index < -0.39 is 0 Å². The number of aryl methyl sites for hydroxylation is 1. The van der Waals surface area contributed by atoms with Crippen molar-refractivity contribution < 1.29 is 9.59 Å². The van der Waals surface area contributed by atoms with Gasteiger partial charge < -0.3 is 10.6 Å². The molecule has 0 bridgehead atoms. The summed E-state index contributed by atoms with van der Waals surface area (Å²) in [6.45, 7) is 2.23. The van der Waals surface area contributed by atoms with E-state index in [1.54, 1.807) is 24.3 Å². The zero-order valence-corrected chi connectivity index (χ0v) is 14.0. The fourth-order valence-electron chi connectivity index (χ4n) is 2.24. The molecule has 25 heavy (non-hydrogen) atoms. The normalized spacial score (nSPS) is 10.2. The second-order valence-corrected chi connectivity index (χ2v) is 5.45. The Balaban J connectivity index is 2.02. The maximum atomic E-state index is 12.2. The van der Waals surface area contributed by atoms with E-state index in [-0.39, 0.29) is 24.8 Å². The van der Waals surface area contributed by atoms with E-state index in [9.17, 15) is 9.59 Å². The van der Waals surface area contributed by atoms with Crippen molar-refractivity contribution in [2.45, 2.75) is 19.9 Å². The monoisotopic (exact) mass is 333 g/mol. The minimum atomic E-state index is -0.344. The molecule has 2 N–H and O–H groups in total. The minimum absolute atomic E-state index is 0.187. The Labute approximate surface area is 147 Å². The van der Waals surface area contributed by atoms with Crippen LogP contribution in [-0.4, -0.2) is 11.8 Å². The Morgan fingerprint density at radius 3 is 2.60 bits per heavy atom. The number of nitrogens with zero attached hydrogens (tertiary/aromatic N) is 1. The Hall–Kier alpha value is -3.39. The molecule has 0 aliphatic rings. The molecule has 0 unspecified atom stereocenters.